The lowest BCUT2D eigenvalue weighted by Gasteiger charge is -2.24. The highest BCUT2D eigenvalue weighted by molar-refractivity contribution is 5.31. The van der Waals surface area contributed by atoms with Crippen LogP contribution in [0.4, 0.5) is 0 Å². The predicted octanol–water partition coefficient (Wildman–Crippen LogP) is 3.73. The second kappa shape index (κ2) is 5.50. The first-order chi connectivity index (χ1) is 9.57. The number of nitrogens with two attached hydrogens (primary N) is 1. The van der Waals surface area contributed by atoms with Crippen molar-refractivity contribution in [3.05, 3.63) is 35.4 Å². The van der Waals surface area contributed by atoms with Crippen LogP contribution >= 0.6 is 0 Å². The van der Waals surface area contributed by atoms with Crippen molar-refractivity contribution >= 4 is 0 Å². The minimum absolute atomic E-state index is 0.313. The van der Waals surface area contributed by atoms with E-state index < -0.39 is 0 Å². The van der Waals surface area contributed by atoms with E-state index in [1.165, 1.54) is 43.2 Å². The highest BCUT2D eigenvalue weighted by atomic mass is 15.0. The molecular weight excluding hydrogens is 244 g/mol. The molecular formula is C18H28N2. The van der Waals surface area contributed by atoms with Crippen molar-refractivity contribution in [1.82, 2.24) is 5.32 Å². The van der Waals surface area contributed by atoms with Crippen LogP contribution in [-0.4, -0.2) is 12.6 Å². The number of hydrogen-bond donors (Lipinski definition) is 2. The molecule has 1 aromatic rings. The average Bonchev–Trinajstić information content (AvgIpc) is 3.21. The van der Waals surface area contributed by atoms with E-state index in [9.17, 15) is 0 Å². The molecule has 20 heavy (non-hydrogen) atoms. The summed E-state index contributed by atoms with van der Waals surface area (Å²) in [6.07, 6.45) is 6.60. The zero-order chi connectivity index (χ0) is 14.2. The van der Waals surface area contributed by atoms with Crippen LogP contribution in [0.3, 0.4) is 0 Å². The molecule has 1 aromatic carbocycles. The Morgan fingerprint density at radius 2 is 2.10 bits per heavy atom. The largest absolute Gasteiger partial charge is 0.329 e. The monoisotopic (exact) mass is 272 g/mol. The Morgan fingerprint density at radius 1 is 1.30 bits per heavy atom. The number of benzene rings is 1. The first-order valence-corrected chi connectivity index (χ1v) is 8.13. The molecule has 2 saturated carbocycles. The van der Waals surface area contributed by atoms with Crippen LogP contribution < -0.4 is 11.1 Å². The predicted molar refractivity (Wildman–Crippen MR) is 84.8 cm³/mol. The topological polar surface area (TPSA) is 38.0 Å². The first kappa shape index (κ1) is 14.1. The van der Waals surface area contributed by atoms with E-state index in [0.717, 1.165) is 5.92 Å². The first-order valence-electron chi connectivity index (χ1n) is 8.13. The highest BCUT2D eigenvalue weighted by Crippen LogP contribution is 2.41. The molecule has 0 heterocycles. The Hall–Kier alpha value is -0.860. The fourth-order valence-electron chi connectivity index (χ4n) is 3.61. The molecule has 2 aliphatic carbocycles. The van der Waals surface area contributed by atoms with E-state index in [1.807, 2.05) is 0 Å². The average molecular weight is 272 g/mol. The van der Waals surface area contributed by atoms with Gasteiger partial charge in [0, 0.05) is 18.6 Å². The summed E-state index contributed by atoms with van der Waals surface area (Å²) in [6, 6.07) is 10.0. The molecule has 2 fully saturated rings. The van der Waals surface area contributed by atoms with Gasteiger partial charge in [0.25, 0.3) is 0 Å². The van der Waals surface area contributed by atoms with Crippen LogP contribution in [0.15, 0.2) is 24.3 Å². The second-order valence-corrected chi connectivity index (χ2v) is 7.50. The van der Waals surface area contributed by atoms with Crippen molar-refractivity contribution in [3.63, 3.8) is 0 Å². The molecule has 110 valence electrons. The summed E-state index contributed by atoms with van der Waals surface area (Å²) >= 11 is 0. The summed E-state index contributed by atoms with van der Waals surface area (Å²) in [5.74, 6) is 0.818. The van der Waals surface area contributed by atoms with Crippen molar-refractivity contribution in [2.24, 2.45) is 11.1 Å². The third-order valence-corrected chi connectivity index (χ3v) is 5.00. The van der Waals surface area contributed by atoms with Gasteiger partial charge in [0.2, 0.25) is 0 Å². The lowest BCUT2D eigenvalue weighted by molar-refractivity contribution is 0.353. The fraction of sp³-hybridized carbons (Fsp3) is 0.667. The van der Waals surface area contributed by atoms with Crippen molar-refractivity contribution in [3.8, 4) is 0 Å². The van der Waals surface area contributed by atoms with Gasteiger partial charge in [0.1, 0.15) is 0 Å². The molecule has 2 heteroatoms. The third-order valence-electron chi connectivity index (χ3n) is 5.00. The van der Waals surface area contributed by atoms with E-state index in [1.54, 1.807) is 0 Å². The molecule has 3 N–H and O–H groups in total. The molecule has 2 atom stereocenters. The molecule has 0 bridgehead atoms. The summed E-state index contributed by atoms with van der Waals surface area (Å²) in [4.78, 5) is 0. The van der Waals surface area contributed by atoms with Crippen LogP contribution in [-0.2, 0) is 0 Å². The minimum Gasteiger partial charge on any atom is -0.329 e. The Kier molecular flexibility index (Phi) is 3.87. The van der Waals surface area contributed by atoms with Gasteiger partial charge in [0.15, 0.2) is 0 Å². The van der Waals surface area contributed by atoms with Crippen molar-refractivity contribution < 1.29 is 0 Å². The number of hydrogen-bond acceptors (Lipinski definition) is 2. The zero-order valence-electron chi connectivity index (χ0n) is 12.9. The second-order valence-electron chi connectivity index (χ2n) is 7.50. The number of rotatable bonds is 5. The standard InChI is InChI=1S/C18H28N2/c1-18(2)9-8-16(11-18)20-17(12-19)15-5-3-4-14(10-15)13-6-7-13/h3-5,10,13,16-17,20H,6-9,11-12,19H2,1-2H3. The Morgan fingerprint density at radius 3 is 2.70 bits per heavy atom. The van der Waals surface area contributed by atoms with Gasteiger partial charge in [-0.05, 0) is 54.6 Å². The smallest absolute Gasteiger partial charge is 0.0446 e. The summed E-state index contributed by atoms with van der Waals surface area (Å²) in [7, 11) is 0. The van der Waals surface area contributed by atoms with Crippen LogP contribution in [0.5, 0.6) is 0 Å². The maximum atomic E-state index is 6.03. The highest BCUT2D eigenvalue weighted by Gasteiger charge is 2.32. The maximum Gasteiger partial charge on any atom is 0.0446 e. The molecule has 0 radical (unpaired) electrons. The molecule has 0 aliphatic heterocycles. The molecule has 2 nitrogen and oxygen atoms in total. The number of nitrogens with one attached hydrogen (secondary N) is 1. The Balaban J connectivity index is 1.68. The van der Waals surface area contributed by atoms with Gasteiger partial charge in [-0.15, -0.1) is 0 Å². The minimum atomic E-state index is 0.313. The molecule has 2 aliphatic rings. The zero-order valence-corrected chi connectivity index (χ0v) is 12.9. The van der Waals surface area contributed by atoms with Gasteiger partial charge in [-0.25, -0.2) is 0 Å². The van der Waals surface area contributed by atoms with Crippen molar-refractivity contribution in [2.75, 3.05) is 6.54 Å². The van der Waals surface area contributed by atoms with Crippen LogP contribution in [0.2, 0.25) is 0 Å². The van der Waals surface area contributed by atoms with Gasteiger partial charge in [-0.3, -0.25) is 0 Å². The van der Waals surface area contributed by atoms with Crippen LogP contribution in [0, 0.1) is 5.41 Å². The van der Waals surface area contributed by atoms with Gasteiger partial charge in [-0.1, -0.05) is 38.1 Å². The molecule has 0 saturated heterocycles. The fourth-order valence-corrected chi connectivity index (χ4v) is 3.61. The van der Waals surface area contributed by atoms with Gasteiger partial charge in [0.05, 0.1) is 0 Å². The summed E-state index contributed by atoms with van der Waals surface area (Å²) in [5.41, 5.74) is 9.41. The molecule has 0 aromatic heterocycles. The van der Waals surface area contributed by atoms with Gasteiger partial charge >= 0.3 is 0 Å². The lowest BCUT2D eigenvalue weighted by Crippen LogP contribution is -2.35. The van der Waals surface area contributed by atoms with Crippen LogP contribution in [0.1, 0.15) is 69.0 Å². The molecule has 2 unspecified atom stereocenters. The van der Waals surface area contributed by atoms with Gasteiger partial charge in [-0.2, -0.15) is 0 Å². The van der Waals surface area contributed by atoms with E-state index in [2.05, 4.69) is 43.4 Å². The summed E-state index contributed by atoms with van der Waals surface area (Å²) in [5, 5.41) is 3.80. The van der Waals surface area contributed by atoms with E-state index >= 15 is 0 Å². The van der Waals surface area contributed by atoms with E-state index in [4.69, 9.17) is 5.73 Å². The lowest BCUT2D eigenvalue weighted by atomic mass is 9.91. The summed E-state index contributed by atoms with van der Waals surface area (Å²) < 4.78 is 0. The van der Waals surface area contributed by atoms with Crippen LogP contribution in [0.25, 0.3) is 0 Å². The van der Waals surface area contributed by atoms with Gasteiger partial charge < -0.3 is 11.1 Å². The SMILES string of the molecule is CC1(C)CCC(NC(CN)c2cccc(C3CC3)c2)C1. The van der Waals surface area contributed by atoms with Crippen molar-refractivity contribution in [1.29, 1.82) is 0 Å². The van der Waals surface area contributed by atoms with E-state index in [-0.39, 0.29) is 0 Å². The normalized spacial score (nSPS) is 26.6. The van der Waals surface area contributed by atoms with E-state index in [0.29, 0.717) is 24.0 Å². The molecule has 3 rings (SSSR count). The van der Waals surface area contributed by atoms with Crippen molar-refractivity contribution in [2.45, 2.75) is 64.0 Å². The maximum absolute atomic E-state index is 6.03. The summed E-state index contributed by atoms with van der Waals surface area (Å²) in [6.45, 7) is 5.44. The Labute approximate surface area is 123 Å². The quantitative estimate of drug-likeness (QED) is 0.857. The third kappa shape index (κ3) is 3.24. The Bertz CT molecular complexity index is 462. The molecule has 0 amide bonds. The molecule has 0 spiro atoms.